The SMILES string of the molecule is Cc1ccc(S(=O)(=O)Nc2ccc3c(cnn3[C@H](C)[C@](O)(Cn3cncn3)c3ccc(F)cc3F)c2)cc1. The maximum Gasteiger partial charge on any atom is 0.261 e. The molecular formula is C26H24F2N6O3S. The number of fused-ring (bicyclic) bond motifs is 1. The second-order valence-electron chi connectivity index (χ2n) is 9.10. The molecule has 0 aliphatic rings. The second-order valence-corrected chi connectivity index (χ2v) is 10.8. The summed E-state index contributed by atoms with van der Waals surface area (Å²) < 4.78 is 59.6. The smallest absolute Gasteiger partial charge is 0.261 e. The normalized spacial score (nSPS) is 14.3. The fraction of sp³-hybridized carbons (Fsp3) is 0.192. The predicted octanol–water partition coefficient (Wildman–Crippen LogP) is 4.16. The minimum Gasteiger partial charge on any atom is -0.381 e. The second kappa shape index (κ2) is 9.62. The Hall–Kier alpha value is -4.16. The van der Waals surface area contributed by atoms with E-state index >= 15 is 0 Å². The zero-order valence-corrected chi connectivity index (χ0v) is 21.3. The van der Waals surface area contributed by atoms with Gasteiger partial charge in [-0.15, -0.1) is 0 Å². The molecule has 0 bridgehead atoms. The molecule has 0 saturated heterocycles. The predicted molar refractivity (Wildman–Crippen MR) is 137 cm³/mol. The first-order chi connectivity index (χ1) is 18.1. The van der Waals surface area contributed by atoms with E-state index in [0.29, 0.717) is 22.7 Å². The lowest BCUT2D eigenvalue weighted by atomic mass is 9.86. The van der Waals surface area contributed by atoms with E-state index in [9.17, 15) is 22.3 Å². The monoisotopic (exact) mass is 538 g/mol. The first-order valence-electron chi connectivity index (χ1n) is 11.6. The maximum absolute atomic E-state index is 14.9. The highest BCUT2D eigenvalue weighted by Gasteiger charge is 2.41. The molecule has 9 nitrogen and oxygen atoms in total. The first kappa shape index (κ1) is 25.5. The van der Waals surface area contributed by atoms with E-state index in [0.717, 1.165) is 11.6 Å². The average Bonchev–Trinajstić information content (AvgIpc) is 3.53. The number of anilines is 1. The van der Waals surface area contributed by atoms with Gasteiger partial charge in [0, 0.05) is 22.7 Å². The number of rotatable bonds is 8. The molecule has 0 aliphatic carbocycles. The highest BCUT2D eigenvalue weighted by molar-refractivity contribution is 7.92. The average molecular weight is 539 g/mol. The molecule has 0 aliphatic heterocycles. The number of hydrogen-bond acceptors (Lipinski definition) is 6. The number of aryl methyl sites for hydroxylation is 1. The van der Waals surface area contributed by atoms with Gasteiger partial charge in [0.15, 0.2) is 0 Å². The molecule has 196 valence electrons. The Balaban J connectivity index is 1.51. The quantitative estimate of drug-likeness (QED) is 0.307. The minimum atomic E-state index is -3.81. The van der Waals surface area contributed by atoms with Gasteiger partial charge < -0.3 is 5.11 Å². The molecule has 0 spiro atoms. The Morgan fingerprint density at radius 3 is 2.50 bits per heavy atom. The molecule has 2 heterocycles. The summed E-state index contributed by atoms with van der Waals surface area (Å²) in [5.74, 6) is -1.68. The van der Waals surface area contributed by atoms with Crippen LogP contribution in [0.15, 0.2) is 84.4 Å². The van der Waals surface area contributed by atoms with E-state index in [-0.39, 0.29) is 17.0 Å². The molecule has 2 N–H and O–H groups in total. The van der Waals surface area contributed by atoms with Crippen LogP contribution in [0.25, 0.3) is 10.9 Å². The van der Waals surface area contributed by atoms with Crippen LogP contribution in [-0.4, -0.2) is 38.1 Å². The highest BCUT2D eigenvalue weighted by Crippen LogP contribution is 2.38. The van der Waals surface area contributed by atoms with Crippen molar-refractivity contribution in [2.75, 3.05) is 4.72 Å². The summed E-state index contributed by atoms with van der Waals surface area (Å²) in [5.41, 5.74) is -0.205. The zero-order valence-electron chi connectivity index (χ0n) is 20.5. The number of halogens is 2. The van der Waals surface area contributed by atoms with Gasteiger partial charge in [0.25, 0.3) is 10.0 Å². The van der Waals surface area contributed by atoms with Crippen LogP contribution in [0.1, 0.15) is 24.1 Å². The van der Waals surface area contributed by atoms with E-state index in [1.54, 1.807) is 37.3 Å². The van der Waals surface area contributed by atoms with Gasteiger partial charge in [-0.2, -0.15) is 10.2 Å². The lowest BCUT2D eigenvalue weighted by Gasteiger charge is -2.35. The lowest BCUT2D eigenvalue weighted by Crippen LogP contribution is -2.41. The summed E-state index contributed by atoms with van der Waals surface area (Å²) in [5, 5.41) is 20.9. The minimum absolute atomic E-state index is 0.131. The fourth-order valence-electron chi connectivity index (χ4n) is 4.40. The van der Waals surface area contributed by atoms with Gasteiger partial charge in [0.2, 0.25) is 0 Å². The summed E-state index contributed by atoms with van der Waals surface area (Å²) in [7, 11) is -3.81. The topological polar surface area (TPSA) is 115 Å². The molecular weight excluding hydrogens is 514 g/mol. The maximum atomic E-state index is 14.9. The van der Waals surface area contributed by atoms with E-state index in [2.05, 4.69) is 19.9 Å². The molecule has 2 atom stereocenters. The number of nitrogens with one attached hydrogen (secondary N) is 1. The molecule has 2 aromatic heterocycles. The van der Waals surface area contributed by atoms with Crippen molar-refractivity contribution < 1.29 is 22.3 Å². The number of sulfonamides is 1. The molecule has 12 heteroatoms. The van der Waals surface area contributed by atoms with Crippen LogP contribution in [0.2, 0.25) is 0 Å². The van der Waals surface area contributed by atoms with Gasteiger partial charge in [0.1, 0.15) is 29.9 Å². The third-order valence-electron chi connectivity index (χ3n) is 6.50. The first-order valence-corrected chi connectivity index (χ1v) is 13.1. The van der Waals surface area contributed by atoms with Crippen LogP contribution in [0, 0.1) is 18.6 Å². The third-order valence-corrected chi connectivity index (χ3v) is 7.90. The Bertz CT molecular complexity index is 1710. The van der Waals surface area contributed by atoms with E-state index in [1.807, 2.05) is 6.92 Å². The molecule has 38 heavy (non-hydrogen) atoms. The van der Waals surface area contributed by atoms with E-state index in [4.69, 9.17) is 0 Å². The largest absolute Gasteiger partial charge is 0.381 e. The fourth-order valence-corrected chi connectivity index (χ4v) is 5.45. The standard InChI is InChI=1S/C26H24F2N6O3S/c1-17-3-7-22(8-4-17)38(36,37)32-21-6-10-25-19(11-21)13-30-34(25)18(2)26(35,14-33-16-29-15-31-33)23-9-5-20(27)12-24(23)28/h3-13,15-16,18,32,35H,14H2,1-2H3/t18-,26-/m1/s1. The van der Waals surface area contributed by atoms with Crippen LogP contribution >= 0.6 is 0 Å². The van der Waals surface area contributed by atoms with E-state index < -0.39 is 33.3 Å². The number of aromatic nitrogens is 5. The molecule has 0 saturated carbocycles. The van der Waals surface area contributed by atoms with Crippen molar-refractivity contribution >= 4 is 26.6 Å². The highest BCUT2D eigenvalue weighted by atomic mass is 32.2. The van der Waals surface area contributed by atoms with Gasteiger partial charge in [-0.05, 0) is 50.2 Å². The molecule has 5 rings (SSSR count). The van der Waals surface area contributed by atoms with Gasteiger partial charge >= 0.3 is 0 Å². The van der Waals surface area contributed by atoms with Crippen LogP contribution in [-0.2, 0) is 22.2 Å². The van der Waals surface area contributed by atoms with Crippen molar-refractivity contribution in [3.8, 4) is 0 Å². The van der Waals surface area contributed by atoms with Crippen LogP contribution in [0.3, 0.4) is 0 Å². The van der Waals surface area contributed by atoms with Gasteiger partial charge in [-0.1, -0.05) is 23.8 Å². The van der Waals surface area contributed by atoms with Crippen LogP contribution < -0.4 is 4.72 Å². The molecule has 3 aromatic carbocycles. The summed E-state index contributed by atoms with van der Waals surface area (Å²) in [6.45, 7) is 3.33. The Labute approximate surface area is 217 Å². The van der Waals surface area contributed by atoms with Crippen LogP contribution in [0.4, 0.5) is 14.5 Å². The summed E-state index contributed by atoms with van der Waals surface area (Å²) in [4.78, 5) is 4.01. The zero-order chi connectivity index (χ0) is 27.1. The molecule has 0 unspecified atom stereocenters. The third kappa shape index (κ3) is 4.75. The number of aliphatic hydroxyl groups is 1. The summed E-state index contributed by atoms with van der Waals surface area (Å²) in [6, 6.07) is 13.5. The summed E-state index contributed by atoms with van der Waals surface area (Å²) >= 11 is 0. The van der Waals surface area contributed by atoms with E-state index in [1.165, 1.54) is 46.4 Å². The number of hydrogen-bond donors (Lipinski definition) is 2. The molecule has 0 radical (unpaired) electrons. The van der Waals surface area contributed by atoms with Gasteiger partial charge in [-0.25, -0.2) is 26.9 Å². The number of benzene rings is 3. The molecule has 5 aromatic rings. The molecule has 0 fully saturated rings. The van der Waals surface area contributed by atoms with Gasteiger partial charge in [0.05, 0.1) is 29.2 Å². The van der Waals surface area contributed by atoms with Gasteiger partial charge in [-0.3, -0.25) is 9.40 Å². The Morgan fingerprint density at radius 1 is 1.05 bits per heavy atom. The van der Waals surface area contributed by atoms with Crippen molar-refractivity contribution in [1.82, 2.24) is 24.5 Å². The molecule has 0 amide bonds. The van der Waals surface area contributed by atoms with Crippen molar-refractivity contribution in [3.05, 3.63) is 102 Å². The van der Waals surface area contributed by atoms with Crippen molar-refractivity contribution in [3.63, 3.8) is 0 Å². The van der Waals surface area contributed by atoms with Crippen molar-refractivity contribution in [2.45, 2.75) is 36.9 Å². The Morgan fingerprint density at radius 2 is 1.82 bits per heavy atom. The number of nitrogens with zero attached hydrogens (tertiary/aromatic N) is 5. The Kier molecular flexibility index (Phi) is 6.45. The summed E-state index contributed by atoms with van der Waals surface area (Å²) in [6.07, 6.45) is 4.19. The van der Waals surface area contributed by atoms with Crippen molar-refractivity contribution in [2.24, 2.45) is 0 Å². The van der Waals surface area contributed by atoms with Crippen LogP contribution in [0.5, 0.6) is 0 Å². The van der Waals surface area contributed by atoms with Crippen molar-refractivity contribution in [1.29, 1.82) is 0 Å². The lowest BCUT2D eigenvalue weighted by molar-refractivity contribution is -0.0354.